The van der Waals surface area contributed by atoms with Crippen LogP contribution in [0.5, 0.6) is 5.75 Å². The molecule has 2 aromatic heterocycles. The van der Waals surface area contributed by atoms with E-state index in [4.69, 9.17) is 13.6 Å². The average Bonchev–Trinajstić information content (AvgIpc) is 3.27. The Labute approximate surface area is 166 Å². The lowest BCUT2D eigenvalue weighted by Crippen LogP contribution is -2.31. The molecule has 0 aliphatic rings. The van der Waals surface area contributed by atoms with Crippen molar-refractivity contribution in [2.24, 2.45) is 0 Å². The molecule has 0 aliphatic heterocycles. The fraction of sp³-hybridized carbons (Fsp3) is 0.130. The van der Waals surface area contributed by atoms with Crippen molar-refractivity contribution in [3.63, 3.8) is 0 Å². The van der Waals surface area contributed by atoms with Crippen LogP contribution < -0.4 is 15.7 Å². The molecule has 4 rings (SSSR count). The van der Waals surface area contributed by atoms with Crippen LogP contribution in [0.15, 0.2) is 86.6 Å². The van der Waals surface area contributed by atoms with Crippen LogP contribution in [0.25, 0.3) is 22.1 Å². The molecule has 0 unspecified atom stereocenters. The predicted octanol–water partition coefficient (Wildman–Crippen LogP) is 4.31. The number of rotatable bonds is 6. The third-order valence-electron chi connectivity index (χ3n) is 4.52. The van der Waals surface area contributed by atoms with Gasteiger partial charge in [0, 0.05) is 17.5 Å². The van der Waals surface area contributed by atoms with Crippen molar-refractivity contribution < 1.29 is 18.4 Å². The topological polar surface area (TPSA) is 81.7 Å². The zero-order chi connectivity index (χ0) is 20.2. The molecule has 1 atom stereocenters. The van der Waals surface area contributed by atoms with Gasteiger partial charge in [0.15, 0.2) is 6.61 Å². The highest BCUT2D eigenvalue weighted by Gasteiger charge is 2.13. The Morgan fingerprint density at radius 1 is 1.07 bits per heavy atom. The van der Waals surface area contributed by atoms with Gasteiger partial charge in [-0.05, 0) is 42.3 Å². The monoisotopic (exact) mass is 389 g/mol. The number of nitrogens with one attached hydrogen (secondary N) is 1. The number of fused-ring (bicyclic) bond motifs is 1. The molecule has 0 saturated heterocycles. The normalized spacial score (nSPS) is 11.9. The highest BCUT2D eigenvalue weighted by molar-refractivity contribution is 5.93. The zero-order valence-corrected chi connectivity index (χ0v) is 15.8. The van der Waals surface area contributed by atoms with Gasteiger partial charge >= 0.3 is 5.63 Å². The Morgan fingerprint density at radius 2 is 1.90 bits per heavy atom. The van der Waals surface area contributed by atoms with E-state index in [1.807, 2.05) is 43.3 Å². The van der Waals surface area contributed by atoms with E-state index >= 15 is 0 Å². The molecule has 6 heteroatoms. The Kier molecular flexibility index (Phi) is 5.16. The molecule has 1 amide bonds. The van der Waals surface area contributed by atoms with Crippen LogP contribution in [0.2, 0.25) is 0 Å². The van der Waals surface area contributed by atoms with Gasteiger partial charge in [0.2, 0.25) is 0 Å². The molecule has 4 aromatic rings. The number of ether oxygens (including phenoxy) is 1. The third kappa shape index (κ3) is 4.21. The van der Waals surface area contributed by atoms with Gasteiger partial charge in [0.25, 0.3) is 5.91 Å². The second kappa shape index (κ2) is 8.06. The van der Waals surface area contributed by atoms with E-state index in [1.54, 1.807) is 30.5 Å². The minimum atomic E-state index is -0.446. The van der Waals surface area contributed by atoms with Gasteiger partial charge in [-0.2, -0.15) is 0 Å². The second-order valence-corrected chi connectivity index (χ2v) is 6.60. The molecule has 0 radical (unpaired) electrons. The minimum Gasteiger partial charge on any atom is -0.484 e. The smallest absolute Gasteiger partial charge is 0.336 e. The van der Waals surface area contributed by atoms with Crippen molar-refractivity contribution in [2.45, 2.75) is 13.0 Å². The van der Waals surface area contributed by atoms with Crippen molar-refractivity contribution in [3.8, 4) is 16.9 Å². The number of hydrogen-bond donors (Lipinski definition) is 1. The van der Waals surface area contributed by atoms with Gasteiger partial charge in [0.05, 0.1) is 12.3 Å². The summed E-state index contributed by atoms with van der Waals surface area (Å²) >= 11 is 0. The first kappa shape index (κ1) is 18.6. The first-order valence-electron chi connectivity index (χ1n) is 9.19. The summed E-state index contributed by atoms with van der Waals surface area (Å²) in [6.07, 6.45) is 1.56. The van der Waals surface area contributed by atoms with Gasteiger partial charge in [0.1, 0.15) is 17.1 Å². The number of carbonyl (C=O) groups excluding carboxylic acids is 1. The number of furan rings is 1. The number of benzene rings is 2. The average molecular weight is 389 g/mol. The maximum absolute atomic E-state index is 12.1. The summed E-state index contributed by atoms with van der Waals surface area (Å²) in [6, 6.07) is 19.6. The molecule has 0 saturated carbocycles. The quantitative estimate of drug-likeness (QED) is 0.497. The van der Waals surface area contributed by atoms with Crippen molar-refractivity contribution in [2.75, 3.05) is 6.61 Å². The molecular weight excluding hydrogens is 370 g/mol. The second-order valence-electron chi connectivity index (χ2n) is 6.60. The summed E-state index contributed by atoms with van der Waals surface area (Å²) in [5.74, 6) is 0.819. The van der Waals surface area contributed by atoms with E-state index < -0.39 is 5.63 Å². The van der Waals surface area contributed by atoms with Crippen LogP contribution in [0.1, 0.15) is 18.7 Å². The minimum absolute atomic E-state index is 0.167. The van der Waals surface area contributed by atoms with Crippen LogP contribution in [-0.2, 0) is 4.79 Å². The summed E-state index contributed by atoms with van der Waals surface area (Å²) in [7, 11) is 0. The molecule has 6 nitrogen and oxygen atoms in total. The Hall–Kier alpha value is -3.80. The van der Waals surface area contributed by atoms with Crippen molar-refractivity contribution >= 4 is 16.9 Å². The van der Waals surface area contributed by atoms with Crippen LogP contribution in [0.4, 0.5) is 0 Å². The van der Waals surface area contributed by atoms with Gasteiger partial charge in [-0.1, -0.05) is 30.3 Å². The van der Waals surface area contributed by atoms with E-state index in [-0.39, 0.29) is 18.6 Å². The van der Waals surface area contributed by atoms with Crippen LogP contribution >= 0.6 is 0 Å². The number of hydrogen-bond acceptors (Lipinski definition) is 5. The summed E-state index contributed by atoms with van der Waals surface area (Å²) in [5, 5.41) is 3.59. The van der Waals surface area contributed by atoms with Crippen LogP contribution in [-0.4, -0.2) is 12.5 Å². The van der Waals surface area contributed by atoms with E-state index in [2.05, 4.69) is 5.32 Å². The maximum Gasteiger partial charge on any atom is 0.336 e. The molecule has 0 fully saturated rings. The van der Waals surface area contributed by atoms with Crippen molar-refractivity contribution in [1.82, 2.24) is 5.32 Å². The van der Waals surface area contributed by atoms with Crippen LogP contribution in [0, 0.1) is 0 Å². The van der Waals surface area contributed by atoms with E-state index in [1.165, 1.54) is 6.07 Å². The first-order chi connectivity index (χ1) is 14.1. The third-order valence-corrected chi connectivity index (χ3v) is 4.52. The Morgan fingerprint density at radius 3 is 2.66 bits per heavy atom. The van der Waals surface area contributed by atoms with Crippen LogP contribution in [0.3, 0.4) is 0 Å². The predicted molar refractivity (Wildman–Crippen MR) is 109 cm³/mol. The van der Waals surface area contributed by atoms with E-state index in [0.29, 0.717) is 17.1 Å². The highest BCUT2D eigenvalue weighted by Crippen LogP contribution is 2.29. The Bertz CT molecular complexity index is 1180. The SMILES string of the molecule is C[C@@H](NC(=O)COc1ccc2c(-c3ccccc3)cc(=O)oc2c1)c1ccco1. The fourth-order valence-electron chi connectivity index (χ4n) is 3.13. The lowest BCUT2D eigenvalue weighted by molar-refractivity contribution is -0.123. The molecule has 0 spiro atoms. The molecule has 1 N–H and O–H groups in total. The molecule has 146 valence electrons. The first-order valence-corrected chi connectivity index (χ1v) is 9.19. The molecule has 0 bridgehead atoms. The van der Waals surface area contributed by atoms with Gasteiger partial charge in [-0.3, -0.25) is 4.79 Å². The van der Waals surface area contributed by atoms with Gasteiger partial charge < -0.3 is 18.9 Å². The van der Waals surface area contributed by atoms with Gasteiger partial charge in [-0.15, -0.1) is 0 Å². The number of amides is 1. The summed E-state index contributed by atoms with van der Waals surface area (Å²) in [6.45, 7) is 1.66. The highest BCUT2D eigenvalue weighted by atomic mass is 16.5. The molecule has 29 heavy (non-hydrogen) atoms. The lowest BCUT2D eigenvalue weighted by atomic mass is 10.0. The summed E-state index contributed by atoms with van der Waals surface area (Å²) in [4.78, 5) is 24.1. The van der Waals surface area contributed by atoms with Crippen molar-refractivity contribution in [1.29, 1.82) is 0 Å². The Balaban J connectivity index is 1.51. The van der Waals surface area contributed by atoms with E-state index in [9.17, 15) is 9.59 Å². The lowest BCUT2D eigenvalue weighted by Gasteiger charge is -2.12. The fourth-order valence-corrected chi connectivity index (χ4v) is 3.13. The standard InChI is InChI=1S/C23H19NO5/c1-15(20-8-5-11-27-20)24-22(25)14-28-17-9-10-18-19(16-6-3-2-4-7-16)13-23(26)29-21(18)12-17/h2-13,15H,14H2,1H3,(H,24,25)/t15-/m1/s1. The van der Waals surface area contributed by atoms with E-state index in [0.717, 1.165) is 16.5 Å². The molecule has 2 aromatic carbocycles. The van der Waals surface area contributed by atoms with Gasteiger partial charge in [-0.25, -0.2) is 4.79 Å². The molecular formula is C23H19NO5. The zero-order valence-electron chi connectivity index (χ0n) is 15.8. The summed E-state index contributed by atoms with van der Waals surface area (Å²) in [5.41, 5.74) is 1.66. The number of carbonyl (C=O) groups is 1. The maximum atomic E-state index is 12.1. The largest absolute Gasteiger partial charge is 0.484 e. The summed E-state index contributed by atoms with van der Waals surface area (Å²) < 4.78 is 16.2. The van der Waals surface area contributed by atoms with Crippen molar-refractivity contribution in [3.05, 3.63) is 89.2 Å². The molecule has 0 aliphatic carbocycles. The molecule has 2 heterocycles.